The number of benzene rings is 1. The summed E-state index contributed by atoms with van der Waals surface area (Å²) < 4.78 is 0. The lowest BCUT2D eigenvalue weighted by molar-refractivity contribution is 0.647. The molecule has 0 radical (unpaired) electrons. The summed E-state index contributed by atoms with van der Waals surface area (Å²) in [7, 11) is 0. The fourth-order valence-electron chi connectivity index (χ4n) is 2.01. The van der Waals surface area contributed by atoms with Gasteiger partial charge in [-0.2, -0.15) is 17.8 Å². The molecule has 96 valence electrons. The van der Waals surface area contributed by atoms with Crippen molar-refractivity contribution in [1.29, 1.82) is 0 Å². The van der Waals surface area contributed by atoms with Crippen LogP contribution in [-0.4, -0.2) is 26.4 Å². The predicted octanol–water partition coefficient (Wildman–Crippen LogP) is 2.46. The Bertz CT molecular complexity index is 464. The highest BCUT2D eigenvalue weighted by Crippen LogP contribution is 2.23. The highest BCUT2D eigenvalue weighted by Gasteiger charge is 2.16. The maximum atomic E-state index is 4.37. The lowest BCUT2D eigenvalue weighted by Crippen LogP contribution is -2.05. The molecule has 0 aliphatic rings. The number of thiol groups is 1. The summed E-state index contributed by atoms with van der Waals surface area (Å²) >= 11 is 4.37. The number of aromatic amines is 1. The van der Waals surface area contributed by atoms with Crippen LogP contribution < -0.4 is 0 Å². The molecule has 0 bridgehead atoms. The van der Waals surface area contributed by atoms with Crippen LogP contribution in [0.1, 0.15) is 36.7 Å². The predicted molar refractivity (Wildman–Crippen MR) is 74.9 cm³/mol. The van der Waals surface area contributed by atoms with Crippen molar-refractivity contribution >= 4 is 12.6 Å². The molecule has 2 aromatic rings. The normalized spacial score (nSPS) is 12.9. The molecule has 0 saturated carbocycles. The van der Waals surface area contributed by atoms with Gasteiger partial charge >= 0.3 is 0 Å². The van der Waals surface area contributed by atoms with Gasteiger partial charge in [0.05, 0.1) is 5.92 Å². The Morgan fingerprint density at radius 2 is 1.94 bits per heavy atom. The van der Waals surface area contributed by atoms with Crippen molar-refractivity contribution in [2.24, 2.45) is 5.92 Å². The molecular formula is C13H18N4S. The van der Waals surface area contributed by atoms with Crippen LogP contribution in [0.25, 0.3) is 0 Å². The largest absolute Gasteiger partial charge is 0.182 e. The van der Waals surface area contributed by atoms with E-state index in [0.717, 1.165) is 6.42 Å². The standard InChI is InChI=1S/C13H18N4S/c1-9(2)7-10-3-5-11(6-4-10)12(8-18)13-14-16-17-15-13/h3-6,9,12,18H,7-8H2,1-2H3,(H,14,15,16,17). The lowest BCUT2D eigenvalue weighted by atomic mass is 9.96. The van der Waals surface area contributed by atoms with E-state index in [4.69, 9.17) is 0 Å². The molecule has 0 amide bonds. The first-order chi connectivity index (χ1) is 8.70. The third-order valence-electron chi connectivity index (χ3n) is 2.88. The van der Waals surface area contributed by atoms with Crippen molar-refractivity contribution in [3.8, 4) is 0 Å². The Morgan fingerprint density at radius 3 is 2.44 bits per heavy atom. The molecule has 0 saturated heterocycles. The van der Waals surface area contributed by atoms with E-state index in [1.165, 1.54) is 11.1 Å². The molecule has 1 aromatic heterocycles. The zero-order valence-electron chi connectivity index (χ0n) is 10.7. The number of nitrogens with zero attached hydrogens (tertiary/aromatic N) is 3. The van der Waals surface area contributed by atoms with Crippen molar-refractivity contribution in [3.05, 3.63) is 41.2 Å². The van der Waals surface area contributed by atoms with Crippen molar-refractivity contribution in [2.45, 2.75) is 26.2 Å². The van der Waals surface area contributed by atoms with Crippen LogP contribution in [0.4, 0.5) is 0 Å². The SMILES string of the molecule is CC(C)Cc1ccc(C(CS)c2nn[nH]n2)cc1. The van der Waals surface area contributed by atoms with E-state index in [-0.39, 0.29) is 5.92 Å². The molecule has 1 heterocycles. The molecule has 4 nitrogen and oxygen atoms in total. The third kappa shape index (κ3) is 3.10. The van der Waals surface area contributed by atoms with Gasteiger partial charge in [0.2, 0.25) is 0 Å². The average molecular weight is 262 g/mol. The number of hydrogen-bond acceptors (Lipinski definition) is 4. The second-order valence-corrected chi connectivity index (χ2v) is 5.21. The third-order valence-corrected chi connectivity index (χ3v) is 3.25. The van der Waals surface area contributed by atoms with E-state index in [2.05, 4.69) is 71.4 Å². The summed E-state index contributed by atoms with van der Waals surface area (Å²) in [6.07, 6.45) is 1.11. The minimum absolute atomic E-state index is 0.0974. The summed E-state index contributed by atoms with van der Waals surface area (Å²) in [5.74, 6) is 2.14. The zero-order chi connectivity index (χ0) is 13.0. The minimum Gasteiger partial charge on any atom is -0.178 e. The first-order valence-corrected chi connectivity index (χ1v) is 6.77. The van der Waals surface area contributed by atoms with Crippen LogP contribution in [0.15, 0.2) is 24.3 Å². The van der Waals surface area contributed by atoms with Crippen LogP contribution >= 0.6 is 12.6 Å². The van der Waals surface area contributed by atoms with E-state index in [0.29, 0.717) is 17.5 Å². The van der Waals surface area contributed by atoms with Gasteiger partial charge < -0.3 is 0 Å². The molecule has 1 atom stereocenters. The van der Waals surface area contributed by atoms with Gasteiger partial charge in [-0.25, -0.2) is 0 Å². The molecule has 0 fully saturated rings. The number of H-pyrrole nitrogens is 1. The molecule has 5 heteroatoms. The van der Waals surface area contributed by atoms with Gasteiger partial charge in [0, 0.05) is 5.75 Å². The number of rotatable bonds is 5. The Kier molecular flexibility index (Phi) is 4.36. The Morgan fingerprint density at radius 1 is 1.22 bits per heavy atom. The van der Waals surface area contributed by atoms with Gasteiger partial charge in [0.1, 0.15) is 0 Å². The first kappa shape index (κ1) is 13.1. The topological polar surface area (TPSA) is 54.5 Å². The van der Waals surface area contributed by atoms with Gasteiger partial charge in [-0.1, -0.05) is 43.3 Å². The van der Waals surface area contributed by atoms with Gasteiger partial charge in [-0.05, 0) is 23.5 Å². The van der Waals surface area contributed by atoms with Crippen LogP contribution in [0.5, 0.6) is 0 Å². The molecule has 0 aliphatic heterocycles. The van der Waals surface area contributed by atoms with Crippen LogP contribution in [0.2, 0.25) is 0 Å². The lowest BCUT2D eigenvalue weighted by Gasteiger charge is -2.12. The fourth-order valence-corrected chi connectivity index (χ4v) is 2.38. The van der Waals surface area contributed by atoms with Gasteiger partial charge in [0.25, 0.3) is 0 Å². The van der Waals surface area contributed by atoms with Crippen LogP contribution in [0, 0.1) is 5.92 Å². The molecular weight excluding hydrogens is 244 g/mol. The summed E-state index contributed by atoms with van der Waals surface area (Å²) in [5.41, 5.74) is 2.54. The average Bonchev–Trinajstić information content (AvgIpc) is 2.85. The van der Waals surface area contributed by atoms with Crippen LogP contribution in [-0.2, 0) is 6.42 Å². The second-order valence-electron chi connectivity index (χ2n) is 4.84. The van der Waals surface area contributed by atoms with E-state index in [1.54, 1.807) is 0 Å². The quantitative estimate of drug-likeness (QED) is 0.814. The maximum absolute atomic E-state index is 4.37. The fraction of sp³-hybridized carbons (Fsp3) is 0.462. The Hall–Kier alpha value is -1.36. The summed E-state index contributed by atoms with van der Waals surface area (Å²) in [6, 6.07) is 8.61. The first-order valence-electron chi connectivity index (χ1n) is 6.13. The van der Waals surface area contributed by atoms with Gasteiger partial charge in [-0.3, -0.25) is 0 Å². The summed E-state index contributed by atoms with van der Waals surface area (Å²) in [5, 5.41) is 14.2. The Labute approximate surface area is 113 Å². The molecule has 18 heavy (non-hydrogen) atoms. The maximum Gasteiger partial charge on any atom is 0.182 e. The molecule has 1 aromatic carbocycles. The molecule has 0 aliphatic carbocycles. The van der Waals surface area contributed by atoms with Gasteiger partial charge in [0.15, 0.2) is 5.82 Å². The van der Waals surface area contributed by atoms with E-state index < -0.39 is 0 Å². The van der Waals surface area contributed by atoms with E-state index in [9.17, 15) is 0 Å². The minimum atomic E-state index is 0.0974. The summed E-state index contributed by atoms with van der Waals surface area (Å²) in [4.78, 5) is 0. The molecule has 0 spiro atoms. The molecule has 1 N–H and O–H groups in total. The monoisotopic (exact) mass is 262 g/mol. The highest BCUT2D eigenvalue weighted by molar-refractivity contribution is 7.80. The van der Waals surface area contributed by atoms with Crippen LogP contribution in [0.3, 0.4) is 0 Å². The number of aromatic nitrogens is 4. The van der Waals surface area contributed by atoms with Crippen molar-refractivity contribution in [2.75, 3.05) is 5.75 Å². The van der Waals surface area contributed by atoms with Crippen molar-refractivity contribution < 1.29 is 0 Å². The van der Waals surface area contributed by atoms with Crippen molar-refractivity contribution in [3.63, 3.8) is 0 Å². The van der Waals surface area contributed by atoms with Gasteiger partial charge in [-0.15, -0.1) is 10.2 Å². The van der Waals surface area contributed by atoms with E-state index >= 15 is 0 Å². The van der Waals surface area contributed by atoms with Crippen molar-refractivity contribution in [1.82, 2.24) is 20.6 Å². The van der Waals surface area contributed by atoms with E-state index in [1.807, 2.05) is 0 Å². The second kappa shape index (κ2) is 6.00. The highest BCUT2D eigenvalue weighted by atomic mass is 32.1. The smallest absolute Gasteiger partial charge is 0.178 e. The zero-order valence-corrected chi connectivity index (χ0v) is 11.6. The molecule has 2 rings (SSSR count). The molecule has 1 unspecified atom stereocenters. The number of tetrazole rings is 1. The Balaban J connectivity index is 2.17. The number of nitrogens with one attached hydrogen (secondary N) is 1. The number of hydrogen-bond donors (Lipinski definition) is 2. The summed E-state index contributed by atoms with van der Waals surface area (Å²) in [6.45, 7) is 4.45.